The molecule has 5 aliphatic rings. The molecule has 0 amide bonds. The number of hydrogen-bond acceptors (Lipinski definition) is 7. The third-order valence-electron chi connectivity index (χ3n) is 3.87. The van der Waals surface area contributed by atoms with Crippen molar-refractivity contribution in [1.29, 1.82) is 0 Å². The van der Waals surface area contributed by atoms with Crippen LogP contribution in [0.25, 0.3) is 0 Å². The highest BCUT2D eigenvalue weighted by Gasteiger charge is 2.54. The number of nitrogens with zero attached hydrogens (tertiary/aromatic N) is 7. The Kier molecular flexibility index (Phi) is 2.80. The van der Waals surface area contributed by atoms with E-state index in [9.17, 15) is 0 Å². The van der Waals surface area contributed by atoms with E-state index >= 15 is 0 Å². The molecule has 20 heavy (non-hydrogen) atoms. The average molecular weight is 374 g/mol. The molecule has 0 spiro atoms. The third-order valence-corrected chi connectivity index (χ3v) is 17.7. The minimum Gasteiger partial charge on any atom is -0.237 e. The Morgan fingerprint density at radius 3 is 1.35 bits per heavy atom. The molecule has 0 radical (unpaired) electrons. The second-order valence-electron chi connectivity index (χ2n) is 5.61. The van der Waals surface area contributed by atoms with E-state index in [-0.39, 0.29) is 0 Å². The van der Waals surface area contributed by atoms with Gasteiger partial charge in [0.05, 0.1) is 0 Å². The van der Waals surface area contributed by atoms with Crippen LogP contribution in [0.3, 0.4) is 0 Å². The van der Waals surface area contributed by atoms with Crippen molar-refractivity contribution in [3.63, 3.8) is 0 Å². The van der Waals surface area contributed by atoms with Crippen molar-refractivity contribution in [1.82, 2.24) is 18.7 Å². The summed E-state index contributed by atoms with van der Waals surface area (Å²) in [6.45, 7) is 3.69. The van der Waals surface area contributed by atoms with Gasteiger partial charge in [0.15, 0.2) is 0 Å². The second-order valence-corrected chi connectivity index (χ2v) is 15.8. The summed E-state index contributed by atoms with van der Waals surface area (Å²) in [4.78, 5) is 0. The molecular weight excluding hydrogens is 358 g/mol. The van der Waals surface area contributed by atoms with E-state index < -0.39 is 20.9 Å². The minimum atomic E-state index is -2.31. The smallest absolute Gasteiger partial charge is 0.237 e. The van der Waals surface area contributed by atoms with Gasteiger partial charge >= 0.3 is 0 Å². The molecule has 4 saturated heterocycles. The maximum atomic E-state index is 6.89. The lowest BCUT2D eigenvalue weighted by molar-refractivity contribution is 0.774. The molecule has 0 saturated carbocycles. The van der Waals surface area contributed by atoms with Gasteiger partial charge in [-0.15, -0.1) is 0 Å². The molecule has 7 nitrogen and oxygen atoms in total. The lowest BCUT2D eigenvalue weighted by atomic mass is 11.0. The predicted octanol–water partition coefficient (Wildman–Crippen LogP) is 3.58. The van der Waals surface area contributed by atoms with Gasteiger partial charge in [-0.25, -0.2) is 18.7 Å². The monoisotopic (exact) mass is 373 g/mol. The zero-order chi connectivity index (χ0) is 13.6. The third kappa shape index (κ3) is 2.06. The van der Waals surface area contributed by atoms with Crippen LogP contribution in [0.4, 0.5) is 0 Å². The fourth-order valence-corrected chi connectivity index (χ4v) is 18.3. The van der Waals surface area contributed by atoms with Crippen molar-refractivity contribution >= 4 is 43.4 Å². The van der Waals surface area contributed by atoms with Gasteiger partial charge in [0.25, 0.3) is 0 Å². The molecule has 5 rings (SSSR count). The van der Waals surface area contributed by atoms with Crippen LogP contribution in [0.15, 0.2) is 13.5 Å². The molecule has 0 aromatic carbocycles. The highest BCUT2D eigenvalue weighted by atomic mass is 35.7. The minimum absolute atomic E-state index is 1.00. The number of rotatable bonds is 4. The summed E-state index contributed by atoms with van der Waals surface area (Å²) in [5.41, 5.74) is 0. The molecule has 112 valence electrons. The van der Waals surface area contributed by atoms with Crippen molar-refractivity contribution in [2.45, 2.75) is 0 Å². The van der Waals surface area contributed by atoms with Crippen LogP contribution in [0.1, 0.15) is 0 Å². The molecule has 4 fully saturated rings. The Morgan fingerprint density at radius 2 is 0.950 bits per heavy atom. The first-order chi connectivity index (χ1) is 9.54. The quantitative estimate of drug-likeness (QED) is 0.558. The van der Waals surface area contributed by atoms with Gasteiger partial charge in [0, 0.05) is 52.4 Å². The van der Waals surface area contributed by atoms with E-state index in [1.165, 1.54) is 0 Å². The Labute approximate surface area is 128 Å². The van der Waals surface area contributed by atoms with Gasteiger partial charge in [-0.1, -0.05) is 0 Å². The van der Waals surface area contributed by atoms with Gasteiger partial charge in [-0.05, 0) is 22.5 Å². The van der Waals surface area contributed by atoms with Crippen molar-refractivity contribution in [2.24, 2.45) is 13.5 Å². The van der Waals surface area contributed by atoms with E-state index in [0.29, 0.717) is 0 Å². The maximum Gasteiger partial charge on any atom is 0.239 e. The summed E-state index contributed by atoms with van der Waals surface area (Å²) in [6, 6.07) is 0. The number of hydrogen-bond donors (Lipinski definition) is 0. The summed E-state index contributed by atoms with van der Waals surface area (Å²) in [5.74, 6) is 0. The summed E-state index contributed by atoms with van der Waals surface area (Å²) in [7, 11) is -2.01. The van der Waals surface area contributed by atoms with Crippen LogP contribution in [-0.2, 0) is 0 Å². The van der Waals surface area contributed by atoms with Gasteiger partial charge < -0.3 is 0 Å². The van der Waals surface area contributed by atoms with Gasteiger partial charge in [-0.3, -0.25) is 0 Å². The molecule has 5 heterocycles. The Balaban J connectivity index is 1.76. The van der Waals surface area contributed by atoms with E-state index in [1.807, 2.05) is 0 Å². The zero-order valence-electron chi connectivity index (χ0n) is 10.9. The Hall–Kier alpha value is 1.11. The van der Waals surface area contributed by atoms with Crippen molar-refractivity contribution in [3.05, 3.63) is 0 Å². The van der Waals surface area contributed by atoms with Crippen LogP contribution < -0.4 is 0 Å². The predicted molar refractivity (Wildman–Crippen MR) is 86.0 cm³/mol. The fraction of sp³-hybridized carbons (Fsp3) is 1.00. The molecule has 0 aliphatic carbocycles. The molecule has 0 aromatic heterocycles. The van der Waals surface area contributed by atoms with E-state index in [1.54, 1.807) is 0 Å². The molecule has 0 N–H and O–H groups in total. The summed E-state index contributed by atoms with van der Waals surface area (Å²) < 4.78 is 24.2. The normalized spacial score (nSPS) is 47.1. The van der Waals surface area contributed by atoms with Crippen LogP contribution in [0.2, 0.25) is 0 Å². The summed E-state index contributed by atoms with van der Waals surface area (Å²) in [6.07, 6.45) is 0. The second kappa shape index (κ2) is 4.14. The van der Waals surface area contributed by atoms with Crippen LogP contribution in [-0.4, -0.2) is 71.0 Å². The van der Waals surface area contributed by atoms with Gasteiger partial charge in [0.1, 0.15) is 0 Å². The van der Waals surface area contributed by atoms with Crippen LogP contribution in [0.5, 0.6) is 0 Å². The molecule has 0 unspecified atom stereocenters. The van der Waals surface area contributed by atoms with E-state index in [4.69, 9.17) is 36.0 Å². The maximum absolute atomic E-state index is 6.89. The molecule has 5 aliphatic heterocycles. The molecular formula is C8H16Cl2N7P3. The lowest BCUT2D eigenvalue weighted by Gasteiger charge is -2.33. The molecule has 0 aromatic rings. The average Bonchev–Trinajstić information content (AvgIpc) is 3.29. The summed E-state index contributed by atoms with van der Waals surface area (Å²) in [5, 5.41) is 0. The first kappa shape index (κ1) is 13.5. The Bertz CT molecular complexity index is 613. The highest BCUT2D eigenvalue weighted by molar-refractivity contribution is 8.02. The largest absolute Gasteiger partial charge is 0.239 e. The first-order valence-electron chi connectivity index (χ1n) is 6.87. The molecule has 2 atom stereocenters. The molecule has 0 bridgehead atoms. The topological polar surface area (TPSA) is 49.1 Å². The zero-order valence-corrected chi connectivity index (χ0v) is 15.1. The molecule has 12 heteroatoms. The first-order valence-corrected chi connectivity index (χ1v) is 13.6. The van der Waals surface area contributed by atoms with Crippen LogP contribution >= 0.6 is 43.4 Å². The van der Waals surface area contributed by atoms with Crippen molar-refractivity contribution in [2.75, 3.05) is 52.4 Å². The van der Waals surface area contributed by atoms with E-state index in [2.05, 4.69) is 18.7 Å². The Morgan fingerprint density at radius 1 is 0.550 bits per heavy atom. The lowest BCUT2D eigenvalue weighted by Crippen LogP contribution is -2.06. The van der Waals surface area contributed by atoms with E-state index in [0.717, 1.165) is 52.4 Å². The van der Waals surface area contributed by atoms with Crippen molar-refractivity contribution < 1.29 is 0 Å². The summed E-state index contributed by atoms with van der Waals surface area (Å²) >= 11 is 13.8. The van der Waals surface area contributed by atoms with Gasteiger partial charge in [-0.2, -0.15) is 13.5 Å². The highest BCUT2D eigenvalue weighted by Crippen LogP contribution is 2.87. The fourth-order valence-electron chi connectivity index (χ4n) is 2.36. The number of halogens is 2. The SMILES string of the molecule is Cl[P@]1(N2CC2)=NP(N2CC2)(N2CC2)=N[P@](Cl)(N2CC2)=N1. The van der Waals surface area contributed by atoms with Crippen LogP contribution in [0, 0.1) is 0 Å². The van der Waals surface area contributed by atoms with Gasteiger partial charge in [0.2, 0.25) is 20.9 Å². The standard InChI is InChI=1S/C8H16Cl2N7P3/c9-18(14-1-2-14)11-19(10,15-3-4-15)13-20(12-18,16-5-6-16)17-7-8-17/h1-8H2/t18-,19-/m1/s1. The van der Waals surface area contributed by atoms with Crippen molar-refractivity contribution in [3.8, 4) is 0 Å².